The molecule has 1 amide bonds. The number of carbonyl (C=O) groups is 2. The topological polar surface area (TPSA) is 141 Å². The molecule has 0 bridgehead atoms. The van der Waals surface area contributed by atoms with Crippen molar-refractivity contribution in [1.29, 1.82) is 0 Å². The zero-order valence-corrected chi connectivity index (χ0v) is 28.1. The lowest BCUT2D eigenvalue weighted by Gasteiger charge is -2.27. The lowest BCUT2D eigenvalue weighted by molar-refractivity contribution is -0.151. The van der Waals surface area contributed by atoms with E-state index in [1.54, 1.807) is 19.1 Å². The fraction of sp³-hybridized carbons (Fsp3) is 0.765. The number of nitrogens with one attached hydrogen (secondary N) is 1. The van der Waals surface area contributed by atoms with Gasteiger partial charge in [-0.05, 0) is 77.7 Å². The Morgan fingerprint density at radius 3 is 2.64 bits per heavy atom. The standard InChI is InChI=1S/C34H58N2O8/c1-9-27(38)25(5)32-29(42-32)21-34(6,41)17-10-12-23(3)31-24(4)14-16-28(43-33(40)35-18-11-19-36(7)8)22(2)13-15-26(37)20-30(39)44-31/h10,12,14,16-17,22,24-29,31-32,37-38,41H,9,11,13,15,18-21H2,1-8H3,(H,35,40). The van der Waals surface area contributed by atoms with Crippen molar-refractivity contribution < 1.29 is 39.1 Å². The van der Waals surface area contributed by atoms with Gasteiger partial charge >= 0.3 is 12.1 Å². The number of hydrogen-bond donors (Lipinski definition) is 4. The van der Waals surface area contributed by atoms with Crippen molar-refractivity contribution in [3.63, 3.8) is 0 Å². The van der Waals surface area contributed by atoms with E-state index in [0.717, 1.165) is 18.5 Å². The number of epoxide rings is 1. The van der Waals surface area contributed by atoms with Crippen LogP contribution in [0.15, 0.2) is 36.0 Å². The molecule has 10 heteroatoms. The molecule has 0 aromatic rings. The lowest BCUT2D eigenvalue weighted by Crippen LogP contribution is -2.34. The molecule has 44 heavy (non-hydrogen) atoms. The smallest absolute Gasteiger partial charge is 0.407 e. The fourth-order valence-electron chi connectivity index (χ4n) is 5.55. The van der Waals surface area contributed by atoms with Crippen molar-refractivity contribution >= 4 is 12.1 Å². The molecular formula is C34H58N2O8. The Labute approximate surface area is 264 Å². The van der Waals surface area contributed by atoms with Crippen molar-refractivity contribution in [2.75, 3.05) is 27.2 Å². The predicted molar refractivity (Wildman–Crippen MR) is 171 cm³/mol. The average molecular weight is 623 g/mol. The number of hydrogen-bond acceptors (Lipinski definition) is 9. The second-order valence-corrected chi connectivity index (χ2v) is 13.3. The Morgan fingerprint density at radius 1 is 1.27 bits per heavy atom. The summed E-state index contributed by atoms with van der Waals surface area (Å²) in [5, 5.41) is 34.4. The molecule has 0 aromatic heterocycles. The first-order valence-corrected chi connectivity index (χ1v) is 16.2. The third kappa shape index (κ3) is 13.4. The molecule has 1 saturated heterocycles. The number of aliphatic hydroxyl groups excluding tert-OH is 2. The van der Waals surface area contributed by atoms with Gasteiger partial charge in [0.1, 0.15) is 12.2 Å². The summed E-state index contributed by atoms with van der Waals surface area (Å²) in [5.74, 6) is -0.801. The van der Waals surface area contributed by atoms with Crippen LogP contribution in [0.25, 0.3) is 0 Å². The summed E-state index contributed by atoms with van der Waals surface area (Å²) in [6, 6.07) is 0. The van der Waals surface area contributed by atoms with E-state index >= 15 is 0 Å². The van der Waals surface area contributed by atoms with Crippen molar-refractivity contribution in [3.05, 3.63) is 36.0 Å². The second kappa shape index (κ2) is 18.0. The Balaban J connectivity index is 2.12. The molecule has 2 aliphatic heterocycles. The van der Waals surface area contributed by atoms with Gasteiger partial charge in [0.05, 0.1) is 36.4 Å². The zero-order chi connectivity index (χ0) is 33.0. The SMILES string of the molecule is CCC(O)C(C)C1OC1CC(C)(O)C=CC=C(C)C1OC(=O)CC(O)CCC(C)C(OC(=O)NCCCN(C)C)C=CC1C. The molecule has 252 valence electrons. The van der Waals surface area contributed by atoms with Crippen LogP contribution in [0.1, 0.15) is 80.1 Å². The number of esters is 1. The number of alkyl carbamates (subject to hydrolysis) is 1. The van der Waals surface area contributed by atoms with Crippen molar-refractivity contribution in [2.45, 2.75) is 122 Å². The van der Waals surface area contributed by atoms with Gasteiger partial charge in [0, 0.05) is 24.8 Å². The molecule has 2 rings (SSSR count). The zero-order valence-electron chi connectivity index (χ0n) is 28.1. The first-order valence-electron chi connectivity index (χ1n) is 16.2. The molecule has 0 spiro atoms. The summed E-state index contributed by atoms with van der Waals surface area (Å²) in [6.07, 6.45) is 8.62. The monoisotopic (exact) mass is 622 g/mol. The molecule has 0 radical (unpaired) electrons. The predicted octanol–water partition coefficient (Wildman–Crippen LogP) is 4.14. The summed E-state index contributed by atoms with van der Waals surface area (Å²) in [5.41, 5.74) is -0.363. The summed E-state index contributed by atoms with van der Waals surface area (Å²) in [7, 11) is 3.96. The Kier molecular flexibility index (Phi) is 15.6. The number of amides is 1. The largest absolute Gasteiger partial charge is 0.457 e. The normalized spacial score (nSPS) is 31.4. The molecule has 10 atom stereocenters. The minimum Gasteiger partial charge on any atom is -0.457 e. The van der Waals surface area contributed by atoms with Gasteiger partial charge in [0.15, 0.2) is 0 Å². The number of ether oxygens (including phenoxy) is 3. The highest BCUT2D eigenvalue weighted by Crippen LogP contribution is 2.37. The molecular weight excluding hydrogens is 564 g/mol. The van der Waals surface area contributed by atoms with E-state index in [2.05, 4.69) is 10.2 Å². The van der Waals surface area contributed by atoms with Crippen LogP contribution in [0.3, 0.4) is 0 Å². The van der Waals surface area contributed by atoms with Crippen LogP contribution in [-0.2, 0) is 19.0 Å². The van der Waals surface area contributed by atoms with Gasteiger partial charge in [-0.3, -0.25) is 4.79 Å². The van der Waals surface area contributed by atoms with E-state index in [9.17, 15) is 24.9 Å². The summed E-state index contributed by atoms with van der Waals surface area (Å²) in [4.78, 5) is 27.3. The van der Waals surface area contributed by atoms with Crippen LogP contribution >= 0.6 is 0 Å². The van der Waals surface area contributed by atoms with Crippen LogP contribution < -0.4 is 5.32 Å². The minimum atomic E-state index is -1.13. The third-order valence-corrected chi connectivity index (χ3v) is 8.60. The van der Waals surface area contributed by atoms with E-state index in [1.165, 1.54) is 0 Å². The van der Waals surface area contributed by atoms with E-state index in [1.807, 2.05) is 66.9 Å². The average Bonchev–Trinajstić information content (AvgIpc) is 3.70. The van der Waals surface area contributed by atoms with Crippen LogP contribution in [0.2, 0.25) is 0 Å². The number of cyclic esters (lactones) is 1. The number of allylic oxidation sites excluding steroid dienone is 2. The Hall–Kier alpha value is -2.24. The highest BCUT2D eigenvalue weighted by Gasteiger charge is 2.47. The van der Waals surface area contributed by atoms with E-state index in [0.29, 0.717) is 32.2 Å². The number of aliphatic hydroxyl groups is 3. The van der Waals surface area contributed by atoms with Crippen LogP contribution in [0.5, 0.6) is 0 Å². The Morgan fingerprint density at radius 2 is 1.98 bits per heavy atom. The van der Waals surface area contributed by atoms with Crippen molar-refractivity contribution in [3.8, 4) is 0 Å². The maximum absolute atomic E-state index is 12.7. The number of rotatable bonds is 13. The first-order chi connectivity index (χ1) is 20.6. The van der Waals surface area contributed by atoms with Crippen LogP contribution in [0, 0.1) is 17.8 Å². The quantitative estimate of drug-likeness (QED) is 0.0784. The van der Waals surface area contributed by atoms with Gasteiger partial charge in [0.25, 0.3) is 0 Å². The maximum atomic E-state index is 12.7. The van der Waals surface area contributed by atoms with Crippen molar-refractivity contribution in [1.82, 2.24) is 10.2 Å². The number of nitrogens with zero attached hydrogens (tertiary/aromatic N) is 1. The van der Waals surface area contributed by atoms with E-state index in [4.69, 9.17) is 14.2 Å². The summed E-state index contributed by atoms with van der Waals surface area (Å²) >= 11 is 0. The van der Waals surface area contributed by atoms with Gasteiger partial charge < -0.3 is 39.7 Å². The van der Waals surface area contributed by atoms with Gasteiger partial charge in [-0.2, -0.15) is 0 Å². The van der Waals surface area contributed by atoms with Gasteiger partial charge in [0.2, 0.25) is 0 Å². The summed E-state index contributed by atoms with van der Waals surface area (Å²) < 4.78 is 17.4. The van der Waals surface area contributed by atoms with Gasteiger partial charge in [-0.15, -0.1) is 0 Å². The first kappa shape index (κ1) is 37.9. The molecule has 1 fully saturated rings. The van der Waals surface area contributed by atoms with E-state index in [-0.39, 0.29) is 36.4 Å². The third-order valence-electron chi connectivity index (χ3n) is 8.60. The molecule has 2 aliphatic rings. The highest BCUT2D eigenvalue weighted by molar-refractivity contribution is 5.70. The minimum absolute atomic E-state index is 0.00575. The molecule has 0 aliphatic carbocycles. The highest BCUT2D eigenvalue weighted by atomic mass is 16.6. The molecule has 2 heterocycles. The molecule has 10 unspecified atom stereocenters. The van der Waals surface area contributed by atoms with Gasteiger partial charge in [-0.1, -0.05) is 52.0 Å². The van der Waals surface area contributed by atoms with Crippen LogP contribution in [0.4, 0.5) is 4.79 Å². The molecule has 0 aromatic carbocycles. The molecule has 10 nitrogen and oxygen atoms in total. The summed E-state index contributed by atoms with van der Waals surface area (Å²) in [6.45, 7) is 12.7. The fourth-order valence-corrected chi connectivity index (χ4v) is 5.55. The van der Waals surface area contributed by atoms with Crippen LogP contribution in [-0.4, -0.2) is 102 Å². The lowest BCUT2D eigenvalue weighted by atomic mass is 9.91. The maximum Gasteiger partial charge on any atom is 0.407 e. The molecule has 0 saturated carbocycles. The number of carbonyl (C=O) groups excluding carboxylic acids is 2. The van der Waals surface area contributed by atoms with Crippen molar-refractivity contribution in [2.24, 2.45) is 17.8 Å². The van der Waals surface area contributed by atoms with Gasteiger partial charge in [-0.25, -0.2) is 4.79 Å². The second-order valence-electron chi connectivity index (χ2n) is 13.3. The Bertz CT molecular complexity index is 994. The molecule has 4 N–H and O–H groups in total. The van der Waals surface area contributed by atoms with E-state index < -0.39 is 42.1 Å².